The Hall–Kier alpha value is -0.810. The third-order valence-electron chi connectivity index (χ3n) is 4.71. The van der Waals surface area contributed by atoms with Gasteiger partial charge in [-0.15, -0.1) is 0 Å². The second-order valence-electron chi connectivity index (χ2n) is 6.03. The Balaban J connectivity index is 1.64. The Labute approximate surface area is 115 Å². The summed E-state index contributed by atoms with van der Waals surface area (Å²) in [6, 6.07) is 1.15. The smallest absolute Gasteiger partial charge is 0.320 e. The largest absolute Gasteiger partial charge is 0.378 e. The average molecular weight is 267 g/mol. The van der Waals surface area contributed by atoms with E-state index in [0.717, 1.165) is 26.2 Å². The quantitative estimate of drug-likeness (QED) is 0.657. The van der Waals surface area contributed by atoms with E-state index in [0.29, 0.717) is 25.3 Å². The fourth-order valence-electron chi connectivity index (χ4n) is 3.55. The molecular weight excluding hydrogens is 242 g/mol. The predicted molar refractivity (Wildman–Crippen MR) is 73.2 cm³/mol. The van der Waals surface area contributed by atoms with Crippen LogP contribution in [0.4, 0.5) is 4.79 Å². The van der Waals surface area contributed by atoms with Crippen molar-refractivity contribution in [1.29, 1.82) is 0 Å². The minimum atomic E-state index is 0.223. The van der Waals surface area contributed by atoms with Gasteiger partial charge in [0.25, 0.3) is 0 Å². The van der Waals surface area contributed by atoms with Crippen LogP contribution < -0.4 is 0 Å². The second-order valence-corrected chi connectivity index (χ2v) is 6.03. The topological polar surface area (TPSA) is 36.0 Å². The number of carbonyl (C=O) groups excluding carboxylic acids is 1. The molecule has 0 bridgehead atoms. The number of amides is 2. The molecule has 3 aliphatic rings. The van der Waals surface area contributed by atoms with Crippen LogP contribution in [0, 0.1) is 0 Å². The molecule has 5 nitrogen and oxygen atoms in total. The fraction of sp³-hybridized carbons (Fsp3) is 0.929. The van der Waals surface area contributed by atoms with E-state index in [1.165, 1.54) is 25.8 Å². The van der Waals surface area contributed by atoms with Crippen molar-refractivity contribution >= 4 is 6.03 Å². The van der Waals surface area contributed by atoms with Crippen LogP contribution in [0.2, 0.25) is 0 Å². The van der Waals surface area contributed by atoms with Gasteiger partial charge in [-0.05, 0) is 26.3 Å². The molecule has 0 aliphatic carbocycles. The van der Waals surface area contributed by atoms with Gasteiger partial charge in [0.15, 0.2) is 0 Å². The van der Waals surface area contributed by atoms with Crippen LogP contribution in [0.1, 0.15) is 26.2 Å². The molecule has 5 heteroatoms. The van der Waals surface area contributed by atoms with Gasteiger partial charge in [-0.1, -0.05) is 6.42 Å². The molecule has 0 saturated carbocycles. The maximum absolute atomic E-state index is 12.6. The van der Waals surface area contributed by atoms with Crippen molar-refractivity contribution in [2.45, 2.75) is 38.3 Å². The van der Waals surface area contributed by atoms with Crippen molar-refractivity contribution in [3.05, 3.63) is 0 Å². The number of carbonyl (C=O) groups is 1. The van der Waals surface area contributed by atoms with Crippen molar-refractivity contribution in [3.8, 4) is 0 Å². The number of hydrogen-bond donors (Lipinski definition) is 0. The predicted octanol–water partition coefficient (Wildman–Crippen LogP) is 0.997. The molecule has 3 aliphatic heterocycles. The van der Waals surface area contributed by atoms with Crippen molar-refractivity contribution in [2.75, 3.05) is 45.9 Å². The molecule has 0 aromatic rings. The van der Waals surface area contributed by atoms with Gasteiger partial charge in [-0.2, -0.15) is 0 Å². The molecule has 0 radical (unpaired) electrons. The van der Waals surface area contributed by atoms with E-state index in [1.54, 1.807) is 0 Å². The molecule has 3 saturated heterocycles. The summed E-state index contributed by atoms with van der Waals surface area (Å²) in [6.07, 6.45) is 3.88. The first kappa shape index (κ1) is 13.2. The molecular formula is C14H25N3O2. The van der Waals surface area contributed by atoms with E-state index in [4.69, 9.17) is 4.74 Å². The van der Waals surface area contributed by atoms with Gasteiger partial charge in [0.2, 0.25) is 0 Å². The average Bonchev–Trinajstić information content (AvgIpc) is 2.47. The zero-order valence-corrected chi connectivity index (χ0v) is 11.9. The molecule has 3 heterocycles. The van der Waals surface area contributed by atoms with Gasteiger partial charge in [0.05, 0.1) is 13.2 Å². The van der Waals surface area contributed by atoms with E-state index in [1.807, 2.05) is 4.90 Å². The lowest BCUT2D eigenvalue weighted by molar-refractivity contribution is 0.00627. The zero-order valence-electron chi connectivity index (χ0n) is 11.9. The van der Waals surface area contributed by atoms with Crippen LogP contribution in [0.15, 0.2) is 0 Å². The summed E-state index contributed by atoms with van der Waals surface area (Å²) in [5.74, 6) is 0. The highest BCUT2D eigenvalue weighted by Gasteiger charge is 2.36. The Kier molecular flexibility index (Phi) is 3.93. The van der Waals surface area contributed by atoms with Crippen molar-refractivity contribution < 1.29 is 9.53 Å². The van der Waals surface area contributed by atoms with Gasteiger partial charge in [0.1, 0.15) is 0 Å². The SMILES string of the molecule is CC1CN2CCCCC2CN1C(=O)N1CCOCC1. The third kappa shape index (κ3) is 2.72. The van der Waals surface area contributed by atoms with Gasteiger partial charge < -0.3 is 14.5 Å². The number of hydrogen-bond acceptors (Lipinski definition) is 3. The normalized spacial score (nSPS) is 33.1. The highest BCUT2D eigenvalue weighted by atomic mass is 16.5. The van der Waals surface area contributed by atoms with E-state index in [2.05, 4.69) is 16.7 Å². The summed E-state index contributed by atoms with van der Waals surface area (Å²) in [5, 5.41) is 0. The summed E-state index contributed by atoms with van der Waals surface area (Å²) in [7, 11) is 0. The van der Waals surface area contributed by atoms with Crippen LogP contribution in [0.25, 0.3) is 0 Å². The minimum absolute atomic E-state index is 0.223. The van der Waals surface area contributed by atoms with Crippen LogP contribution in [-0.4, -0.2) is 78.8 Å². The first-order valence-corrected chi connectivity index (χ1v) is 7.63. The molecule has 19 heavy (non-hydrogen) atoms. The number of ether oxygens (including phenoxy) is 1. The van der Waals surface area contributed by atoms with E-state index >= 15 is 0 Å². The first-order chi connectivity index (χ1) is 9.25. The summed E-state index contributed by atoms with van der Waals surface area (Å²) in [5.41, 5.74) is 0. The summed E-state index contributed by atoms with van der Waals surface area (Å²) in [4.78, 5) is 19.2. The van der Waals surface area contributed by atoms with Gasteiger partial charge in [0, 0.05) is 38.3 Å². The summed E-state index contributed by atoms with van der Waals surface area (Å²) in [6.45, 7) is 8.22. The summed E-state index contributed by atoms with van der Waals surface area (Å²) >= 11 is 0. The molecule has 2 amide bonds. The molecule has 0 spiro atoms. The summed E-state index contributed by atoms with van der Waals surface area (Å²) < 4.78 is 5.33. The lowest BCUT2D eigenvalue weighted by Crippen LogP contribution is -2.62. The van der Waals surface area contributed by atoms with Crippen LogP contribution >= 0.6 is 0 Å². The molecule has 3 fully saturated rings. The lowest BCUT2D eigenvalue weighted by Gasteiger charge is -2.48. The Morgan fingerprint density at radius 2 is 1.89 bits per heavy atom. The Morgan fingerprint density at radius 3 is 2.68 bits per heavy atom. The zero-order chi connectivity index (χ0) is 13.2. The van der Waals surface area contributed by atoms with E-state index in [9.17, 15) is 4.79 Å². The Bertz CT molecular complexity index is 331. The first-order valence-electron chi connectivity index (χ1n) is 7.63. The molecule has 0 aromatic carbocycles. The highest BCUT2D eigenvalue weighted by Crippen LogP contribution is 2.24. The van der Waals surface area contributed by atoms with Crippen LogP contribution in [0.3, 0.4) is 0 Å². The molecule has 3 rings (SSSR count). The van der Waals surface area contributed by atoms with Gasteiger partial charge >= 0.3 is 6.03 Å². The standard InChI is InChI=1S/C14H25N3O2/c1-12-10-16-5-3-2-4-13(16)11-17(12)14(18)15-6-8-19-9-7-15/h12-13H,2-11H2,1H3. The van der Waals surface area contributed by atoms with Gasteiger partial charge in [-0.25, -0.2) is 4.79 Å². The number of morpholine rings is 1. The van der Waals surface area contributed by atoms with Crippen molar-refractivity contribution in [2.24, 2.45) is 0 Å². The highest BCUT2D eigenvalue weighted by molar-refractivity contribution is 5.75. The number of piperazine rings is 1. The monoisotopic (exact) mass is 267 g/mol. The van der Waals surface area contributed by atoms with E-state index in [-0.39, 0.29) is 6.03 Å². The minimum Gasteiger partial charge on any atom is -0.378 e. The molecule has 2 unspecified atom stereocenters. The third-order valence-corrected chi connectivity index (χ3v) is 4.71. The lowest BCUT2D eigenvalue weighted by atomic mass is 9.97. The van der Waals surface area contributed by atoms with Crippen molar-refractivity contribution in [3.63, 3.8) is 0 Å². The molecule has 0 aromatic heterocycles. The number of piperidine rings is 1. The van der Waals surface area contributed by atoms with Crippen LogP contribution in [0.5, 0.6) is 0 Å². The van der Waals surface area contributed by atoms with Gasteiger partial charge in [-0.3, -0.25) is 4.90 Å². The Morgan fingerprint density at radius 1 is 1.11 bits per heavy atom. The number of nitrogens with zero attached hydrogens (tertiary/aromatic N) is 3. The molecule has 0 N–H and O–H groups in total. The second kappa shape index (κ2) is 5.67. The maximum atomic E-state index is 12.6. The fourth-order valence-corrected chi connectivity index (χ4v) is 3.55. The number of rotatable bonds is 0. The maximum Gasteiger partial charge on any atom is 0.320 e. The molecule has 108 valence electrons. The van der Waals surface area contributed by atoms with E-state index < -0.39 is 0 Å². The van der Waals surface area contributed by atoms with Crippen molar-refractivity contribution in [1.82, 2.24) is 14.7 Å². The number of fused-ring (bicyclic) bond motifs is 1. The number of urea groups is 1. The van der Waals surface area contributed by atoms with Crippen LogP contribution in [-0.2, 0) is 4.74 Å². The molecule has 2 atom stereocenters.